The lowest BCUT2D eigenvalue weighted by Gasteiger charge is -2.14. The minimum absolute atomic E-state index is 0.0213. The molecule has 2 amide bonds. The first kappa shape index (κ1) is 22.1. The van der Waals surface area contributed by atoms with Gasteiger partial charge < -0.3 is 14.6 Å². The summed E-state index contributed by atoms with van der Waals surface area (Å²) in [5.41, 5.74) is 3.23. The van der Waals surface area contributed by atoms with Crippen LogP contribution in [0.25, 0.3) is 17.2 Å². The van der Waals surface area contributed by atoms with E-state index in [9.17, 15) is 14.4 Å². The molecule has 0 saturated carbocycles. The average Bonchev–Trinajstić information content (AvgIpc) is 3.38. The Morgan fingerprint density at radius 1 is 1.03 bits per heavy atom. The number of hydrogen-bond acceptors (Lipinski definition) is 6. The number of amides is 2. The maximum Gasteiger partial charge on any atom is 0.335 e. The summed E-state index contributed by atoms with van der Waals surface area (Å²) in [6, 6.07) is 17.3. The monoisotopic (exact) mass is 493 g/mol. The summed E-state index contributed by atoms with van der Waals surface area (Å²) >= 11 is 7.18. The average molecular weight is 494 g/mol. The SMILES string of the molecule is O=C(O)c1ccc(-c2cccc(C=C3SC(=O)N(Cc4cc5c(cc4Cl)OCO5)C3=O)c2)cc1. The van der Waals surface area contributed by atoms with E-state index >= 15 is 0 Å². The van der Waals surface area contributed by atoms with Crippen LogP contribution < -0.4 is 9.47 Å². The van der Waals surface area contributed by atoms with Crippen molar-refractivity contribution in [1.82, 2.24) is 4.90 Å². The molecule has 2 heterocycles. The van der Waals surface area contributed by atoms with E-state index in [0.29, 0.717) is 27.0 Å². The minimum atomic E-state index is -0.988. The van der Waals surface area contributed by atoms with Gasteiger partial charge in [0.15, 0.2) is 11.5 Å². The molecule has 1 saturated heterocycles. The van der Waals surface area contributed by atoms with Crippen molar-refractivity contribution in [3.63, 3.8) is 0 Å². The number of hydrogen-bond donors (Lipinski definition) is 1. The molecule has 170 valence electrons. The highest BCUT2D eigenvalue weighted by molar-refractivity contribution is 8.18. The fourth-order valence-corrected chi connectivity index (χ4v) is 4.70. The van der Waals surface area contributed by atoms with E-state index in [2.05, 4.69) is 0 Å². The summed E-state index contributed by atoms with van der Waals surface area (Å²) in [6.07, 6.45) is 1.67. The van der Waals surface area contributed by atoms with Crippen molar-refractivity contribution < 1.29 is 29.0 Å². The number of benzene rings is 3. The van der Waals surface area contributed by atoms with Crippen molar-refractivity contribution in [3.8, 4) is 22.6 Å². The molecule has 0 radical (unpaired) electrons. The van der Waals surface area contributed by atoms with Gasteiger partial charge in [-0.3, -0.25) is 14.5 Å². The van der Waals surface area contributed by atoms with Crippen LogP contribution in [0.1, 0.15) is 21.5 Å². The molecule has 9 heteroatoms. The first-order chi connectivity index (χ1) is 16.4. The molecule has 1 fully saturated rings. The molecule has 2 aliphatic rings. The van der Waals surface area contributed by atoms with Crippen molar-refractivity contribution in [1.29, 1.82) is 0 Å². The van der Waals surface area contributed by atoms with Crippen LogP contribution in [-0.2, 0) is 11.3 Å². The van der Waals surface area contributed by atoms with Crippen molar-refractivity contribution >= 4 is 46.6 Å². The molecule has 1 N–H and O–H groups in total. The second-order valence-corrected chi connectivity index (χ2v) is 8.97. The number of aromatic carboxylic acids is 1. The molecule has 0 aliphatic carbocycles. The number of rotatable bonds is 5. The van der Waals surface area contributed by atoms with Crippen molar-refractivity contribution in [2.24, 2.45) is 0 Å². The summed E-state index contributed by atoms with van der Waals surface area (Å²) in [5, 5.41) is 9.07. The number of ether oxygens (including phenoxy) is 2. The molecule has 3 aromatic carbocycles. The van der Waals surface area contributed by atoms with Crippen molar-refractivity contribution in [3.05, 3.63) is 87.3 Å². The van der Waals surface area contributed by atoms with Gasteiger partial charge in [0.05, 0.1) is 17.0 Å². The predicted octanol–water partition coefficient (Wildman–Crippen LogP) is 5.67. The van der Waals surface area contributed by atoms with E-state index in [4.69, 9.17) is 26.2 Å². The van der Waals surface area contributed by atoms with Crippen molar-refractivity contribution in [2.75, 3.05) is 6.79 Å². The molecule has 0 unspecified atom stereocenters. The number of carbonyl (C=O) groups excluding carboxylic acids is 2. The molecular weight excluding hydrogens is 478 g/mol. The van der Waals surface area contributed by atoms with Gasteiger partial charge in [-0.05, 0) is 64.4 Å². The predicted molar refractivity (Wildman–Crippen MR) is 128 cm³/mol. The smallest absolute Gasteiger partial charge is 0.335 e. The Kier molecular flexibility index (Phi) is 5.77. The highest BCUT2D eigenvalue weighted by atomic mass is 35.5. The summed E-state index contributed by atoms with van der Waals surface area (Å²) in [6.45, 7) is 0.121. The van der Waals surface area contributed by atoms with Gasteiger partial charge in [0.1, 0.15) is 0 Å². The van der Waals surface area contributed by atoms with E-state index in [0.717, 1.165) is 33.4 Å². The van der Waals surface area contributed by atoms with Gasteiger partial charge in [-0.1, -0.05) is 41.9 Å². The third-order valence-corrected chi connectivity index (χ3v) is 6.65. The highest BCUT2D eigenvalue weighted by Crippen LogP contribution is 2.39. The lowest BCUT2D eigenvalue weighted by Crippen LogP contribution is -2.27. The summed E-state index contributed by atoms with van der Waals surface area (Å²) in [5.74, 6) is -0.339. The van der Waals surface area contributed by atoms with E-state index in [-0.39, 0.29) is 24.1 Å². The summed E-state index contributed by atoms with van der Waals surface area (Å²) in [7, 11) is 0. The Morgan fingerprint density at radius 3 is 2.50 bits per heavy atom. The Hall–Kier alpha value is -3.75. The fraction of sp³-hybridized carbons (Fsp3) is 0.0800. The Labute approximate surface area is 203 Å². The van der Waals surface area contributed by atoms with Gasteiger partial charge in [-0.15, -0.1) is 0 Å². The molecule has 2 aliphatic heterocycles. The largest absolute Gasteiger partial charge is 0.478 e. The topological polar surface area (TPSA) is 93.1 Å². The van der Waals surface area contributed by atoms with Gasteiger partial charge in [0.25, 0.3) is 11.1 Å². The summed E-state index contributed by atoms with van der Waals surface area (Å²) < 4.78 is 10.7. The summed E-state index contributed by atoms with van der Waals surface area (Å²) in [4.78, 5) is 38.1. The molecule has 34 heavy (non-hydrogen) atoms. The van der Waals surface area contributed by atoms with Crippen LogP contribution in [-0.4, -0.2) is 33.9 Å². The number of imide groups is 1. The highest BCUT2D eigenvalue weighted by Gasteiger charge is 2.35. The van der Waals surface area contributed by atoms with Crippen LogP contribution in [0.5, 0.6) is 11.5 Å². The zero-order valence-corrected chi connectivity index (χ0v) is 19.1. The normalized spacial score (nSPS) is 15.9. The Balaban J connectivity index is 1.37. The Bertz CT molecular complexity index is 1370. The number of fused-ring (bicyclic) bond motifs is 1. The van der Waals surface area contributed by atoms with E-state index in [1.165, 1.54) is 12.1 Å². The zero-order valence-electron chi connectivity index (χ0n) is 17.5. The molecule has 7 nitrogen and oxygen atoms in total. The minimum Gasteiger partial charge on any atom is -0.478 e. The molecule has 5 rings (SSSR count). The lowest BCUT2D eigenvalue weighted by atomic mass is 10.0. The molecule has 0 aromatic heterocycles. The molecule has 0 bridgehead atoms. The van der Waals surface area contributed by atoms with E-state index in [1.54, 1.807) is 30.3 Å². The van der Waals surface area contributed by atoms with Gasteiger partial charge in [-0.25, -0.2) is 4.79 Å². The number of carboxylic acids is 1. The molecule has 0 atom stereocenters. The third-order valence-electron chi connectivity index (χ3n) is 5.39. The van der Waals surface area contributed by atoms with Crippen LogP contribution in [0.15, 0.2) is 65.6 Å². The number of nitrogens with zero attached hydrogens (tertiary/aromatic N) is 1. The third kappa shape index (κ3) is 4.25. The van der Waals surface area contributed by atoms with Crippen LogP contribution >= 0.6 is 23.4 Å². The van der Waals surface area contributed by atoms with Gasteiger partial charge >= 0.3 is 5.97 Å². The molecule has 3 aromatic rings. The van der Waals surface area contributed by atoms with Crippen LogP contribution in [0.2, 0.25) is 5.02 Å². The van der Waals surface area contributed by atoms with E-state index in [1.807, 2.05) is 24.3 Å². The molecular formula is C25H16ClNO6S. The first-order valence-corrected chi connectivity index (χ1v) is 11.4. The van der Waals surface area contributed by atoms with Crippen LogP contribution in [0.4, 0.5) is 4.79 Å². The van der Waals surface area contributed by atoms with Gasteiger partial charge in [-0.2, -0.15) is 0 Å². The maximum absolute atomic E-state index is 13.0. The number of carboxylic acid groups (broad SMARTS) is 1. The van der Waals surface area contributed by atoms with Crippen LogP contribution in [0.3, 0.4) is 0 Å². The molecule has 0 spiro atoms. The van der Waals surface area contributed by atoms with Crippen LogP contribution in [0, 0.1) is 0 Å². The standard InChI is InChI=1S/C25H16ClNO6S/c26-19-11-21-20(32-13-33-21)10-18(19)12-27-23(28)22(34-25(27)31)9-14-2-1-3-17(8-14)15-4-6-16(7-5-15)24(29)30/h1-11H,12-13H2,(H,29,30). The van der Waals surface area contributed by atoms with E-state index < -0.39 is 11.9 Å². The quantitative estimate of drug-likeness (QED) is 0.457. The number of halogens is 1. The fourth-order valence-electron chi connectivity index (χ4n) is 3.65. The van der Waals surface area contributed by atoms with Crippen molar-refractivity contribution in [2.45, 2.75) is 6.54 Å². The lowest BCUT2D eigenvalue weighted by molar-refractivity contribution is -0.123. The number of thioether (sulfide) groups is 1. The van der Waals surface area contributed by atoms with Gasteiger partial charge in [0.2, 0.25) is 6.79 Å². The second-order valence-electron chi connectivity index (χ2n) is 7.57. The Morgan fingerprint density at radius 2 is 1.76 bits per heavy atom. The first-order valence-electron chi connectivity index (χ1n) is 10.2. The maximum atomic E-state index is 13.0. The second kappa shape index (κ2) is 8.89. The van der Waals surface area contributed by atoms with Gasteiger partial charge in [0, 0.05) is 11.1 Å². The number of carbonyl (C=O) groups is 3. The zero-order chi connectivity index (χ0) is 23.8.